The molecule has 0 aliphatic heterocycles. The molecule has 0 saturated heterocycles. The summed E-state index contributed by atoms with van der Waals surface area (Å²) in [7, 11) is -3.44. The molecule has 0 aromatic carbocycles. The number of hydrogen-bond acceptors (Lipinski definition) is 3. The zero-order valence-corrected chi connectivity index (χ0v) is 7.07. The molecule has 0 amide bonds. The Hall–Kier alpha value is -0.130. The van der Waals surface area contributed by atoms with Crippen LogP contribution in [0.5, 0.6) is 0 Å². The van der Waals surface area contributed by atoms with E-state index >= 15 is 0 Å². The second-order valence-electron chi connectivity index (χ2n) is 1.77. The van der Waals surface area contributed by atoms with Gasteiger partial charge in [-0.3, -0.25) is 4.18 Å². The van der Waals surface area contributed by atoms with Crippen LogP contribution in [0.3, 0.4) is 0 Å². The maximum atomic E-state index is 10.7. The summed E-state index contributed by atoms with van der Waals surface area (Å²) in [6, 6.07) is 0. The fourth-order valence-electron chi connectivity index (χ4n) is 0.411. The third kappa shape index (κ3) is 4.72. The smallest absolute Gasteiger partial charge is 0.258 e. The zero-order valence-electron chi connectivity index (χ0n) is 6.25. The topological polar surface area (TPSA) is 55.4 Å². The van der Waals surface area contributed by atoms with E-state index in [1.54, 1.807) is 6.92 Å². The summed E-state index contributed by atoms with van der Waals surface area (Å²) >= 11 is 0. The lowest BCUT2D eigenvalue weighted by atomic mass is 10.5. The maximum Gasteiger partial charge on any atom is 0.335 e. The fraction of sp³-hybridized carbons (Fsp3) is 1.00. The molecule has 0 bridgehead atoms. The highest BCUT2D eigenvalue weighted by Gasteiger charge is 2.05. The quantitative estimate of drug-likeness (QED) is 0.639. The van der Waals surface area contributed by atoms with Gasteiger partial charge in [0.25, 0.3) is 0 Å². The first kappa shape index (κ1) is 9.87. The molecule has 1 N–H and O–H groups in total. The van der Waals surface area contributed by atoms with Crippen molar-refractivity contribution in [2.45, 2.75) is 20.3 Å². The molecule has 0 atom stereocenters. The molecule has 0 unspecified atom stereocenters. The van der Waals surface area contributed by atoms with Crippen molar-refractivity contribution in [2.24, 2.45) is 0 Å². The minimum absolute atomic E-state index is 0.245. The van der Waals surface area contributed by atoms with E-state index in [0.29, 0.717) is 13.0 Å². The first-order valence-corrected chi connectivity index (χ1v) is 4.67. The van der Waals surface area contributed by atoms with Gasteiger partial charge >= 0.3 is 10.3 Å². The maximum absolute atomic E-state index is 10.7. The van der Waals surface area contributed by atoms with E-state index in [1.165, 1.54) is 0 Å². The minimum atomic E-state index is -3.44. The third-order valence-electron chi connectivity index (χ3n) is 0.764. The van der Waals surface area contributed by atoms with Gasteiger partial charge in [-0.1, -0.05) is 13.8 Å². The molecule has 0 spiro atoms. The Balaban J connectivity index is 3.65. The Morgan fingerprint density at radius 2 is 2.00 bits per heavy atom. The van der Waals surface area contributed by atoms with Crippen molar-refractivity contribution in [1.29, 1.82) is 0 Å². The van der Waals surface area contributed by atoms with Crippen molar-refractivity contribution in [3.05, 3.63) is 0 Å². The van der Waals surface area contributed by atoms with E-state index in [-0.39, 0.29) is 6.61 Å². The third-order valence-corrected chi connectivity index (χ3v) is 1.88. The van der Waals surface area contributed by atoms with Gasteiger partial charge in [-0.2, -0.15) is 13.1 Å². The minimum Gasteiger partial charge on any atom is -0.258 e. The standard InChI is InChI=1S/C5H13NO3S/c1-3-5-9-10(7,8)6-4-2/h6H,3-5H2,1-2H3. The molecule has 0 radical (unpaired) electrons. The molecule has 4 nitrogen and oxygen atoms in total. The van der Waals surface area contributed by atoms with E-state index < -0.39 is 10.3 Å². The first-order valence-electron chi connectivity index (χ1n) is 3.26. The van der Waals surface area contributed by atoms with Crippen LogP contribution in [0.4, 0.5) is 0 Å². The molecular formula is C5H13NO3S. The van der Waals surface area contributed by atoms with Gasteiger partial charge in [0.15, 0.2) is 0 Å². The van der Waals surface area contributed by atoms with Crippen LogP contribution in [-0.2, 0) is 14.5 Å². The van der Waals surface area contributed by atoms with Crippen LogP contribution in [0.2, 0.25) is 0 Å². The highest BCUT2D eigenvalue weighted by atomic mass is 32.2. The molecular weight excluding hydrogens is 154 g/mol. The largest absolute Gasteiger partial charge is 0.335 e. The van der Waals surface area contributed by atoms with Crippen molar-refractivity contribution in [2.75, 3.05) is 13.2 Å². The summed E-state index contributed by atoms with van der Waals surface area (Å²) in [5.41, 5.74) is 0. The Kier molecular flexibility index (Phi) is 4.59. The number of hydrogen-bond donors (Lipinski definition) is 1. The van der Waals surface area contributed by atoms with E-state index in [4.69, 9.17) is 0 Å². The summed E-state index contributed by atoms with van der Waals surface area (Å²) in [5, 5.41) is 0. The van der Waals surface area contributed by atoms with Gasteiger partial charge in [0.05, 0.1) is 6.61 Å². The van der Waals surface area contributed by atoms with Crippen molar-refractivity contribution < 1.29 is 12.6 Å². The van der Waals surface area contributed by atoms with E-state index in [1.807, 2.05) is 6.92 Å². The van der Waals surface area contributed by atoms with Gasteiger partial charge in [-0.15, -0.1) is 0 Å². The summed E-state index contributed by atoms with van der Waals surface area (Å²) in [5.74, 6) is 0. The average molecular weight is 167 g/mol. The van der Waals surface area contributed by atoms with Gasteiger partial charge < -0.3 is 0 Å². The summed E-state index contributed by atoms with van der Waals surface area (Å²) in [6.07, 6.45) is 0.699. The van der Waals surface area contributed by atoms with Crippen molar-refractivity contribution >= 4 is 10.3 Å². The Labute approximate surface area is 61.8 Å². The Morgan fingerprint density at radius 1 is 1.40 bits per heavy atom. The molecule has 0 heterocycles. The highest BCUT2D eigenvalue weighted by Crippen LogP contribution is 1.88. The average Bonchev–Trinajstić information content (AvgIpc) is 1.84. The molecule has 0 saturated carbocycles. The second-order valence-corrected chi connectivity index (χ2v) is 3.21. The molecule has 5 heteroatoms. The second kappa shape index (κ2) is 4.65. The number of nitrogens with one attached hydrogen (secondary N) is 1. The van der Waals surface area contributed by atoms with Crippen molar-refractivity contribution in [3.63, 3.8) is 0 Å². The van der Waals surface area contributed by atoms with Gasteiger partial charge in [0.2, 0.25) is 0 Å². The summed E-state index contributed by atoms with van der Waals surface area (Å²) in [4.78, 5) is 0. The van der Waals surface area contributed by atoms with Crippen molar-refractivity contribution in [3.8, 4) is 0 Å². The zero-order chi connectivity index (χ0) is 8.04. The highest BCUT2D eigenvalue weighted by molar-refractivity contribution is 7.84. The lowest BCUT2D eigenvalue weighted by molar-refractivity contribution is 0.311. The Bertz CT molecular complexity index is 164. The van der Waals surface area contributed by atoms with Crippen LogP contribution in [-0.4, -0.2) is 21.6 Å². The predicted octanol–water partition coefficient (Wildman–Crippen LogP) is 0.267. The lowest BCUT2D eigenvalue weighted by Crippen LogP contribution is -2.25. The summed E-state index contributed by atoms with van der Waals surface area (Å²) < 4.78 is 28.0. The molecule has 62 valence electrons. The van der Waals surface area contributed by atoms with E-state index in [2.05, 4.69) is 8.91 Å². The first-order chi connectivity index (χ1) is 4.62. The van der Waals surface area contributed by atoms with Gasteiger partial charge in [0.1, 0.15) is 0 Å². The van der Waals surface area contributed by atoms with Crippen molar-refractivity contribution in [1.82, 2.24) is 4.72 Å². The van der Waals surface area contributed by atoms with Crippen LogP contribution >= 0.6 is 0 Å². The van der Waals surface area contributed by atoms with Crippen LogP contribution in [0.25, 0.3) is 0 Å². The molecule has 0 aromatic heterocycles. The molecule has 0 aliphatic rings. The molecule has 0 aromatic rings. The van der Waals surface area contributed by atoms with E-state index in [0.717, 1.165) is 0 Å². The van der Waals surface area contributed by atoms with Crippen LogP contribution in [0, 0.1) is 0 Å². The molecule has 0 rings (SSSR count). The predicted molar refractivity (Wildman–Crippen MR) is 38.8 cm³/mol. The Morgan fingerprint density at radius 3 is 2.40 bits per heavy atom. The summed E-state index contributed by atoms with van der Waals surface area (Å²) in [6.45, 7) is 4.16. The SMILES string of the molecule is CCCOS(=O)(=O)NCC. The molecule has 0 aliphatic carbocycles. The van der Waals surface area contributed by atoms with Crippen LogP contribution in [0.1, 0.15) is 20.3 Å². The normalized spacial score (nSPS) is 11.8. The molecule has 0 fully saturated rings. The monoisotopic (exact) mass is 167 g/mol. The van der Waals surface area contributed by atoms with Gasteiger partial charge in [0, 0.05) is 6.54 Å². The molecule has 10 heavy (non-hydrogen) atoms. The van der Waals surface area contributed by atoms with E-state index in [9.17, 15) is 8.42 Å². The van der Waals surface area contributed by atoms with Crippen LogP contribution in [0.15, 0.2) is 0 Å². The lowest BCUT2D eigenvalue weighted by Gasteiger charge is -2.02. The fourth-order valence-corrected chi connectivity index (χ4v) is 1.23. The number of rotatable bonds is 5. The van der Waals surface area contributed by atoms with Gasteiger partial charge in [-0.05, 0) is 6.42 Å². The van der Waals surface area contributed by atoms with Crippen LogP contribution < -0.4 is 4.72 Å². The van der Waals surface area contributed by atoms with Gasteiger partial charge in [-0.25, -0.2) is 0 Å².